The van der Waals surface area contributed by atoms with Gasteiger partial charge in [-0.3, -0.25) is 0 Å². The van der Waals surface area contributed by atoms with E-state index in [0.717, 1.165) is 6.42 Å². The summed E-state index contributed by atoms with van der Waals surface area (Å²) in [5, 5.41) is 10.0. The molecular formula is C11H15F3O. The highest BCUT2D eigenvalue weighted by atomic mass is 19.4. The van der Waals surface area contributed by atoms with Crippen LogP contribution in [0.5, 0.6) is 0 Å². The minimum Gasteiger partial charge on any atom is -0.380 e. The quantitative estimate of drug-likeness (QED) is 0.665. The van der Waals surface area contributed by atoms with Crippen LogP contribution in [0.15, 0.2) is 0 Å². The van der Waals surface area contributed by atoms with Crippen LogP contribution in [0.3, 0.4) is 0 Å². The summed E-state index contributed by atoms with van der Waals surface area (Å²) in [6.07, 6.45) is -0.991. The number of hydrogen-bond acceptors (Lipinski definition) is 1. The SMILES string of the molecule is OC1(C(F)(F)F)C2CC3CC(C2)CC1C3. The van der Waals surface area contributed by atoms with Gasteiger partial charge in [0.05, 0.1) is 0 Å². The smallest absolute Gasteiger partial charge is 0.380 e. The molecule has 0 saturated heterocycles. The lowest BCUT2D eigenvalue weighted by Crippen LogP contribution is -2.64. The van der Waals surface area contributed by atoms with Crippen molar-refractivity contribution in [3.63, 3.8) is 0 Å². The molecule has 0 aliphatic heterocycles. The molecule has 4 saturated carbocycles. The van der Waals surface area contributed by atoms with Crippen LogP contribution < -0.4 is 0 Å². The molecule has 0 radical (unpaired) electrons. The Morgan fingerprint density at radius 2 is 1.27 bits per heavy atom. The lowest BCUT2D eigenvalue weighted by atomic mass is 9.49. The van der Waals surface area contributed by atoms with E-state index in [-0.39, 0.29) is 0 Å². The van der Waals surface area contributed by atoms with E-state index in [2.05, 4.69) is 0 Å². The molecule has 4 aliphatic carbocycles. The largest absolute Gasteiger partial charge is 0.417 e. The molecule has 1 nitrogen and oxygen atoms in total. The maximum Gasteiger partial charge on any atom is 0.417 e. The molecular weight excluding hydrogens is 205 g/mol. The molecule has 0 amide bonds. The predicted octanol–water partition coefficient (Wildman–Crippen LogP) is 2.74. The molecule has 0 aromatic heterocycles. The highest BCUT2D eigenvalue weighted by Crippen LogP contribution is 2.62. The molecule has 4 heteroatoms. The van der Waals surface area contributed by atoms with Crippen molar-refractivity contribution in [3.05, 3.63) is 0 Å². The molecule has 4 rings (SSSR count). The molecule has 15 heavy (non-hydrogen) atoms. The standard InChI is InChI=1S/C11H15F3O/c12-11(13,14)10(15)8-2-6-1-7(4-8)5-9(10)3-6/h6-9,15H,1-5H2. The highest BCUT2D eigenvalue weighted by Gasteiger charge is 2.68. The van der Waals surface area contributed by atoms with Gasteiger partial charge in [-0.2, -0.15) is 13.2 Å². The monoisotopic (exact) mass is 220 g/mol. The summed E-state index contributed by atoms with van der Waals surface area (Å²) in [5.41, 5.74) is -2.36. The van der Waals surface area contributed by atoms with Crippen molar-refractivity contribution in [2.45, 2.75) is 43.9 Å². The van der Waals surface area contributed by atoms with Crippen LogP contribution in [-0.4, -0.2) is 16.9 Å². The third-order valence-corrected chi connectivity index (χ3v) is 4.84. The van der Waals surface area contributed by atoms with Crippen LogP contribution in [0.2, 0.25) is 0 Å². The minimum absolute atomic E-state index is 0.454. The Hall–Kier alpha value is -0.250. The summed E-state index contributed by atoms with van der Waals surface area (Å²) < 4.78 is 38.8. The first-order chi connectivity index (χ1) is 6.91. The lowest BCUT2D eigenvalue weighted by Gasteiger charge is -2.58. The Balaban J connectivity index is 1.98. The number of halogens is 3. The number of aliphatic hydroxyl groups is 1. The van der Waals surface area contributed by atoms with Crippen LogP contribution >= 0.6 is 0 Å². The zero-order chi connectivity index (χ0) is 10.8. The van der Waals surface area contributed by atoms with E-state index in [4.69, 9.17) is 0 Å². The first-order valence-corrected chi connectivity index (χ1v) is 5.70. The van der Waals surface area contributed by atoms with Gasteiger partial charge in [0.2, 0.25) is 0 Å². The topological polar surface area (TPSA) is 20.2 Å². The summed E-state index contributed by atoms with van der Waals surface area (Å²) >= 11 is 0. The summed E-state index contributed by atoms with van der Waals surface area (Å²) in [4.78, 5) is 0. The summed E-state index contributed by atoms with van der Waals surface area (Å²) in [7, 11) is 0. The van der Waals surface area contributed by atoms with Gasteiger partial charge in [0.15, 0.2) is 5.60 Å². The molecule has 0 heterocycles. The van der Waals surface area contributed by atoms with Crippen LogP contribution in [-0.2, 0) is 0 Å². The lowest BCUT2D eigenvalue weighted by molar-refractivity contribution is -0.331. The molecule has 4 aliphatic rings. The van der Waals surface area contributed by atoms with Crippen LogP contribution in [0.1, 0.15) is 32.1 Å². The molecule has 0 unspecified atom stereocenters. The molecule has 0 spiro atoms. The fraction of sp³-hybridized carbons (Fsp3) is 1.00. The Labute approximate surface area is 86.7 Å². The zero-order valence-corrected chi connectivity index (χ0v) is 8.43. The van der Waals surface area contributed by atoms with Gasteiger partial charge in [-0.05, 0) is 55.8 Å². The van der Waals surface area contributed by atoms with Gasteiger partial charge in [0.25, 0.3) is 0 Å². The fourth-order valence-corrected chi connectivity index (χ4v) is 4.37. The van der Waals surface area contributed by atoms with E-state index >= 15 is 0 Å². The third kappa shape index (κ3) is 1.14. The van der Waals surface area contributed by atoms with Crippen molar-refractivity contribution in [1.82, 2.24) is 0 Å². The molecule has 0 aromatic rings. The van der Waals surface area contributed by atoms with E-state index in [1.807, 2.05) is 0 Å². The van der Waals surface area contributed by atoms with Crippen molar-refractivity contribution in [2.75, 3.05) is 0 Å². The van der Waals surface area contributed by atoms with E-state index < -0.39 is 23.6 Å². The van der Waals surface area contributed by atoms with Crippen molar-refractivity contribution < 1.29 is 18.3 Å². The maximum atomic E-state index is 12.9. The predicted molar refractivity (Wildman–Crippen MR) is 48.0 cm³/mol. The van der Waals surface area contributed by atoms with Gasteiger partial charge in [-0.15, -0.1) is 0 Å². The average Bonchev–Trinajstić information content (AvgIpc) is 2.10. The summed E-state index contributed by atoms with van der Waals surface area (Å²) in [6.45, 7) is 0. The Bertz CT molecular complexity index is 256. The summed E-state index contributed by atoms with van der Waals surface area (Å²) in [6, 6.07) is 0. The van der Waals surface area contributed by atoms with Gasteiger partial charge in [0, 0.05) is 0 Å². The van der Waals surface area contributed by atoms with E-state index in [1.54, 1.807) is 0 Å². The molecule has 4 bridgehead atoms. The van der Waals surface area contributed by atoms with E-state index in [1.165, 1.54) is 0 Å². The molecule has 4 fully saturated rings. The van der Waals surface area contributed by atoms with E-state index in [9.17, 15) is 18.3 Å². The van der Waals surface area contributed by atoms with Gasteiger partial charge in [-0.25, -0.2) is 0 Å². The van der Waals surface area contributed by atoms with Crippen LogP contribution in [0.25, 0.3) is 0 Å². The average molecular weight is 220 g/mol. The van der Waals surface area contributed by atoms with Crippen molar-refractivity contribution in [2.24, 2.45) is 23.7 Å². The van der Waals surface area contributed by atoms with Gasteiger partial charge >= 0.3 is 6.18 Å². The second-order valence-electron chi connectivity index (χ2n) is 5.63. The second-order valence-corrected chi connectivity index (χ2v) is 5.63. The minimum atomic E-state index is -4.43. The molecule has 0 aromatic carbocycles. The van der Waals surface area contributed by atoms with Gasteiger partial charge in [0.1, 0.15) is 0 Å². The normalized spacial score (nSPS) is 53.6. The first-order valence-electron chi connectivity index (χ1n) is 5.70. The fourth-order valence-electron chi connectivity index (χ4n) is 4.37. The Morgan fingerprint density at radius 3 is 1.60 bits per heavy atom. The highest BCUT2D eigenvalue weighted by molar-refractivity contribution is 5.09. The molecule has 1 N–H and O–H groups in total. The first kappa shape index (κ1) is 9.94. The third-order valence-electron chi connectivity index (χ3n) is 4.84. The van der Waals surface area contributed by atoms with E-state index in [0.29, 0.717) is 37.5 Å². The van der Waals surface area contributed by atoms with Crippen molar-refractivity contribution in [3.8, 4) is 0 Å². The van der Waals surface area contributed by atoms with Crippen molar-refractivity contribution >= 4 is 0 Å². The van der Waals surface area contributed by atoms with Crippen LogP contribution in [0, 0.1) is 23.7 Å². The maximum absolute atomic E-state index is 12.9. The Kier molecular flexibility index (Phi) is 1.79. The van der Waals surface area contributed by atoms with Crippen molar-refractivity contribution in [1.29, 1.82) is 0 Å². The molecule has 86 valence electrons. The van der Waals surface area contributed by atoms with Gasteiger partial charge < -0.3 is 5.11 Å². The van der Waals surface area contributed by atoms with Gasteiger partial charge in [-0.1, -0.05) is 0 Å². The number of rotatable bonds is 0. The zero-order valence-electron chi connectivity index (χ0n) is 8.43. The number of alkyl halides is 3. The summed E-state index contributed by atoms with van der Waals surface area (Å²) in [5.74, 6) is -0.132. The Morgan fingerprint density at radius 1 is 0.867 bits per heavy atom. The second kappa shape index (κ2) is 2.70. The van der Waals surface area contributed by atoms with Crippen LogP contribution in [0.4, 0.5) is 13.2 Å². The number of hydrogen-bond donors (Lipinski definition) is 1. The molecule has 0 atom stereocenters.